The topological polar surface area (TPSA) is 53.5 Å². The van der Waals surface area contributed by atoms with Crippen LogP contribution < -0.4 is 0 Å². The lowest BCUT2D eigenvalue weighted by atomic mass is 9.78. The van der Waals surface area contributed by atoms with Crippen molar-refractivity contribution >= 4 is 33.4 Å². The van der Waals surface area contributed by atoms with Crippen molar-refractivity contribution in [1.82, 2.24) is 14.2 Å². The summed E-state index contributed by atoms with van der Waals surface area (Å²) in [6.07, 6.45) is 10.6. The SMILES string of the molecule is C=C1CC2CC1[C@@H]1C(=O)N(C[C@@H]3CCCC[C@H]3CN3CCCC(C(C)c4nsc5ccccc45)CC3)C(=O)[C@H]21. The quantitative estimate of drug-likeness (QED) is 0.307. The van der Waals surface area contributed by atoms with Crippen LogP contribution in [0.5, 0.6) is 0 Å². The van der Waals surface area contributed by atoms with Crippen LogP contribution in [0.3, 0.4) is 0 Å². The highest BCUT2D eigenvalue weighted by atomic mass is 32.1. The first kappa shape index (κ1) is 25.9. The number of nitrogens with zero attached hydrogens (tertiary/aromatic N) is 3. The molecule has 2 aromatic rings. The van der Waals surface area contributed by atoms with Crippen LogP contribution in [0.15, 0.2) is 36.4 Å². The zero-order valence-electron chi connectivity index (χ0n) is 23.4. The van der Waals surface area contributed by atoms with Gasteiger partial charge in [0.15, 0.2) is 0 Å². The summed E-state index contributed by atoms with van der Waals surface area (Å²) in [7, 11) is 0. The molecule has 1 aromatic carbocycles. The minimum atomic E-state index is -0.0924. The highest BCUT2D eigenvalue weighted by Gasteiger charge is 2.62. The Labute approximate surface area is 237 Å². The van der Waals surface area contributed by atoms with E-state index in [0.29, 0.717) is 36.1 Å². The summed E-state index contributed by atoms with van der Waals surface area (Å²) in [6, 6.07) is 8.67. The Morgan fingerprint density at radius 2 is 1.74 bits per heavy atom. The Kier molecular flexibility index (Phi) is 6.91. The summed E-state index contributed by atoms with van der Waals surface area (Å²) in [5.74, 6) is 2.96. The fourth-order valence-electron chi connectivity index (χ4n) is 9.26. The zero-order chi connectivity index (χ0) is 26.7. The second-order valence-electron chi connectivity index (χ2n) is 13.5. The van der Waals surface area contributed by atoms with Gasteiger partial charge >= 0.3 is 0 Å². The van der Waals surface area contributed by atoms with E-state index in [1.54, 1.807) is 16.4 Å². The first-order valence-corrected chi connectivity index (χ1v) is 16.4. The van der Waals surface area contributed by atoms with E-state index in [-0.39, 0.29) is 29.6 Å². The molecule has 39 heavy (non-hydrogen) atoms. The number of carbonyl (C=O) groups excluding carboxylic acids is 2. The highest BCUT2D eigenvalue weighted by Crippen LogP contribution is 2.58. The van der Waals surface area contributed by atoms with Gasteiger partial charge in [0.05, 0.1) is 22.2 Å². The number of imide groups is 1. The third-order valence-electron chi connectivity index (χ3n) is 11.4. The van der Waals surface area contributed by atoms with Crippen molar-refractivity contribution in [3.05, 3.63) is 42.1 Å². The Hall–Kier alpha value is -2.05. The van der Waals surface area contributed by atoms with Gasteiger partial charge in [-0.3, -0.25) is 14.5 Å². The van der Waals surface area contributed by atoms with Gasteiger partial charge < -0.3 is 4.90 Å². The number of likely N-dealkylation sites (tertiary alicyclic amines) is 2. The molecule has 4 unspecified atom stereocenters. The molecule has 208 valence electrons. The second-order valence-corrected chi connectivity index (χ2v) is 14.3. The molecule has 7 rings (SSSR count). The fraction of sp³-hybridized carbons (Fsp3) is 0.667. The van der Waals surface area contributed by atoms with Crippen molar-refractivity contribution in [2.75, 3.05) is 26.2 Å². The molecule has 2 bridgehead atoms. The van der Waals surface area contributed by atoms with E-state index in [1.807, 2.05) is 0 Å². The number of benzene rings is 1. The largest absolute Gasteiger partial charge is 0.303 e. The Morgan fingerprint density at radius 1 is 0.974 bits per heavy atom. The number of hydrogen-bond donors (Lipinski definition) is 0. The van der Waals surface area contributed by atoms with Crippen molar-refractivity contribution in [3.63, 3.8) is 0 Å². The molecule has 3 aliphatic carbocycles. The first-order chi connectivity index (χ1) is 19.0. The van der Waals surface area contributed by atoms with Crippen LogP contribution in [-0.4, -0.2) is 52.2 Å². The van der Waals surface area contributed by atoms with Gasteiger partial charge in [-0.15, -0.1) is 0 Å². The Morgan fingerprint density at radius 3 is 2.59 bits per heavy atom. The minimum Gasteiger partial charge on any atom is -0.303 e. The van der Waals surface area contributed by atoms with Crippen LogP contribution in [0.1, 0.15) is 76.3 Å². The van der Waals surface area contributed by atoms with E-state index in [2.05, 4.69) is 42.7 Å². The summed E-state index contributed by atoms with van der Waals surface area (Å²) in [6.45, 7) is 10.7. The molecule has 5 nitrogen and oxygen atoms in total. The molecular weight excluding hydrogens is 502 g/mol. The smallest absolute Gasteiger partial charge is 0.233 e. The van der Waals surface area contributed by atoms with Crippen LogP contribution in [0.2, 0.25) is 0 Å². The first-order valence-electron chi connectivity index (χ1n) is 15.6. The number of hydrogen-bond acceptors (Lipinski definition) is 5. The predicted molar refractivity (Wildman–Crippen MR) is 156 cm³/mol. The van der Waals surface area contributed by atoms with Gasteiger partial charge in [-0.05, 0) is 105 Å². The van der Waals surface area contributed by atoms with E-state index in [4.69, 9.17) is 4.37 Å². The molecule has 2 amide bonds. The molecule has 0 spiro atoms. The van der Waals surface area contributed by atoms with Crippen LogP contribution in [0.4, 0.5) is 0 Å². The number of amides is 2. The summed E-state index contributed by atoms with van der Waals surface area (Å²) in [4.78, 5) is 31.4. The molecule has 5 fully saturated rings. The molecule has 3 saturated carbocycles. The molecule has 2 aliphatic heterocycles. The van der Waals surface area contributed by atoms with Gasteiger partial charge in [-0.2, -0.15) is 4.37 Å². The lowest BCUT2D eigenvalue weighted by Gasteiger charge is -2.37. The minimum absolute atomic E-state index is 0.0468. The molecule has 8 atom stereocenters. The number of allylic oxidation sites excluding steroid dienone is 1. The van der Waals surface area contributed by atoms with E-state index in [9.17, 15) is 9.59 Å². The summed E-state index contributed by atoms with van der Waals surface area (Å²) in [5.41, 5.74) is 2.51. The third kappa shape index (κ3) is 4.50. The average Bonchev–Trinajstić information content (AvgIpc) is 3.65. The van der Waals surface area contributed by atoms with Crippen molar-refractivity contribution in [1.29, 1.82) is 0 Å². The van der Waals surface area contributed by atoms with Crippen molar-refractivity contribution in [3.8, 4) is 0 Å². The molecule has 6 heteroatoms. The normalized spacial score (nSPS) is 36.1. The summed E-state index contributed by atoms with van der Waals surface area (Å²) in [5, 5.41) is 1.34. The van der Waals surface area contributed by atoms with Gasteiger partial charge in [-0.25, -0.2) is 0 Å². The number of fused-ring (bicyclic) bond motifs is 6. The van der Waals surface area contributed by atoms with Crippen LogP contribution in [-0.2, 0) is 9.59 Å². The van der Waals surface area contributed by atoms with Gasteiger partial charge in [0.25, 0.3) is 0 Å². The molecule has 1 aromatic heterocycles. The predicted octanol–water partition coefficient (Wildman–Crippen LogP) is 6.51. The second kappa shape index (κ2) is 10.4. The maximum atomic E-state index is 13.5. The average molecular weight is 546 g/mol. The van der Waals surface area contributed by atoms with E-state index >= 15 is 0 Å². The molecule has 0 N–H and O–H groups in total. The third-order valence-corrected chi connectivity index (χ3v) is 12.3. The molecule has 5 aliphatic rings. The molecule has 0 radical (unpaired) electrons. The lowest BCUT2D eigenvalue weighted by Crippen LogP contribution is -2.43. The van der Waals surface area contributed by atoms with Gasteiger partial charge in [0, 0.05) is 24.4 Å². The maximum Gasteiger partial charge on any atom is 0.233 e. The van der Waals surface area contributed by atoms with E-state index in [0.717, 1.165) is 32.4 Å². The van der Waals surface area contributed by atoms with E-state index in [1.165, 1.54) is 66.4 Å². The fourth-order valence-corrected chi connectivity index (χ4v) is 10.1. The molecular formula is C33H43N3O2S. The molecule has 2 saturated heterocycles. The Bertz CT molecular complexity index is 1270. The van der Waals surface area contributed by atoms with Crippen LogP contribution in [0, 0.1) is 41.4 Å². The highest BCUT2D eigenvalue weighted by molar-refractivity contribution is 7.13. The summed E-state index contributed by atoms with van der Waals surface area (Å²) >= 11 is 1.64. The molecule has 3 heterocycles. The van der Waals surface area contributed by atoms with Gasteiger partial charge in [0.1, 0.15) is 0 Å². The van der Waals surface area contributed by atoms with Crippen molar-refractivity contribution in [2.24, 2.45) is 41.4 Å². The zero-order valence-corrected chi connectivity index (χ0v) is 24.2. The monoisotopic (exact) mass is 545 g/mol. The number of carbonyl (C=O) groups is 2. The van der Waals surface area contributed by atoms with Crippen LogP contribution in [0.25, 0.3) is 10.1 Å². The van der Waals surface area contributed by atoms with Crippen molar-refractivity contribution < 1.29 is 9.59 Å². The van der Waals surface area contributed by atoms with Gasteiger partial charge in [-0.1, -0.05) is 50.1 Å². The maximum absolute atomic E-state index is 13.5. The Balaban J connectivity index is 0.987. The lowest BCUT2D eigenvalue weighted by molar-refractivity contribution is -0.142. The number of aromatic nitrogens is 1. The van der Waals surface area contributed by atoms with Gasteiger partial charge in [0.2, 0.25) is 11.8 Å². The standard InChI is InChI=1S/C33H43N3O2S/c1-20-16-25-17-27(20)30-29(25)32(37)36(33(30)38)19-24-9-4-3-8-23(24)18-35-14-7-10-22(13-15-35)21(2)31-26-11-5-6-12-28(26)39-34-31/h5-6,11-12,21-25,27,29-30H,1,3-4,7-10,13-19H2,2H3/t21?,22?,23-,24-,25?,27?,29+,30-/m0/s1. The summed E-state index contributed by atoms with van der Waals surface area (Å²) < 4.78 is 6.19. The van der Waals surface area contributed by atoms with Crippen molar-refractivity contribution in [2.45, 2.75) is 70.6 Å². The van der Waals surface area contributed by atoms with E-state index < -0.39 is 0 Å². The number of rotatable bonds is 6. The van der Waals surface area contributed by atoms with Crippen LogP contribution >= 0.6 is 11.5 Å².